The minimum atomic E-state index is -0.912. The summed E-state index contributed by atoms with van der Waals surface area (Å²) in [5, 5.41) is 2.49. The molecule has 23 heavy (non-hydrogen) atoms. The van der Waals surface area contributed by atoms with Crippen molar-refractivity contribution in [2.24, 2.45) is 0 Å². The minimum absolute atomic E-state index is 0.0272. The Balaban J connectivity index is 1.76. The highest BCUT2D eigenvalue weighted by atomic mass is 19.1. The predicted molar refractivity (Wildman–Crippen MR) is 82.0 cm³/mol. The third-order valence-corrected chi connectivity index (χ3v) is 3.97. The second-order valence-corrected chi connectivity index (χ2v) is 5.45. The van der Waals surface area contributed by atoms with E-state index >= 15 is 0 Å². The summed E-state index contributed by atoms with van der Waals surface area (Å²) in [6, 6.07) is 2.77. The average Bonchev–Trinajstić information content (AvgIpc) is 2.54. The second-order valence-electron chi connectivity index (χ2n) is 5.45. The first-order chi connectivity index (χ1) is 11.0. The van der Waals surface area contributed by atoms with Gasteiger partial charge in [0.05, 0.1) is 5.56 Å². The van der Waals surface area contributed by atoms with Gasteiger partial charge in [0.2, 0.25) is 5.91 Å². The number of piperazine rings is 1. The maximum atomic E-state index is 13.5. The predicted octanol–water partition coefficient (Wildman–Crippen LogP) is 1.25. The van der Waals surface area contributed by atoms with Gasteiger partial charge in [-0.15, -0.1) is 0 Å². The van der Waals surface area contributed by atoms with Crippen molar-refractivity contribution in [3.63, 3.8) is 0 Å². The highest BCUT2D eigenvalue weighted by Gasteiger charge is 2.20. The van der Waals surface area contributed by atoms with Crippen molar-refractivity contribution in [3.05, 3.63) is 35.4 Å². The molecule has 1 fully saturated rings. The van der Waals surface area contributed by atoms with Crippen molar-refractivity contribution < 1.29 is 18.4 Å². The molecule has 1 aliphatic heterocycles. The van der Waals surface area contributed by atoms with E-state index in [1.54, 1.807) is 4.90 Å². The lowest BCUT2D eigenvalue weighted by Gasteiger charge is -2.34. The maximum absolute atomic E-state index is 13.5. The molecule has 1 heterocycles. The van der Waals surface area contributed by atoms with E-state index in [9.17, 15) is 18.4 Å². The molecule has 0 unspecified atom stereocenters. The zero-order chi connectivity index (χ0) is 16.8. The van der Waals surface area contributed by atoms with Gasteiger partial charge in [0.15, 0.2) is 0 Å². The molecule has 5 nitrogen and oxygen atoms in total. The van der Waals surface area contributed by atoms with Crippen molar-refractivity contribution in [2.45, 2.75) is 13.3 Å². The quantitative estimate of drug-likeness (QED) is 0.886. The van der Waals surface area contributed by atoms with Gasteiger partial charge < -0.3 is 15.1 Å². The molecule has 0 saturated carbocycles. The lowest BCUT2D eigenvalue weighted by Crippen LogP contribution is -2.49. The molecule has 2 rings (SSSR count). The first-order valence-electron chi connectivity index (χ1n) is 7.74. The van der Waals surface area contributed by atoms with E-state index in [4.69, 9.17) is 0 Å². The van der Waals surface area contributed by atoms with E-state index in [1.807, 2.05) is 0 Å². The lowest BCUT2D eigenvalue weighted by atomic mass is 10.2. The number of amides is 2. The number of hydrogen-bond donors (Lipinski definition) is 1. The Bertz CT molecular complexity index is 572. The Morgan fingerprint density at radius 3 is 2.48 bits per heavy atom. The van der Waals surface area contributed by atoms with Crippen LogP contribution in [0.15, 0.2) is 18.2 Å². The summed E-state index contributed by atoms with van der Waals surface area (Å²) in [5.74, 6) is -2.32. The van der Waals surface area contributed by atoms with E-state index in [0.29, 0.717) is 19.2 Å². The Hall–Kier alpha value is -2.02. The fourth-order valence-corrected chi connectivity index (χ4v) is 2.52. The van der Waals surface area contributed by atoms with Crippen LogP contribution >= 0.6 is 0 Å². The molecule has 0 bridgehead atoms. The summed E-state index contributed by atoms with van der Waals surface area (Å²) < 4.78 is 26.3. The minimum Gasteiger partial charge on any atom is -0.351 e. The number of carbonyl (C=O) groups is 2. The molecular weight excluding hydrogens is 304 g/mol. The Morgan fingerprint density at radius 2 is 1.87 bits per heavy atom. The van der Waals surface area contributed by atoms with Gasteiger partial charge in [0, 0.05) is 45.2 Å². The van der Waals surface area contributed by atoms with Gasteiger partial charge in [0.1, 0.15) is 11.6 Å². The molecule has 1 N–H and O–H groups in total. The van der Waals surface area contributed by atoms with Crippen LogP contribution in [-0.2, 0) is 4.79 Å². The third kappa shape index (κ3) is 4.72. The summed E-state index contributed by atoms with van der Waals surface area (Å²) in [6.07, 6.45) is 0.167. The van der Waals surface area contributed by atoms with Crippen molar-refractivity contribution >= 4 is 11.8 Å². The largest absolute Gasteiger partial charge is 0.351 e. The molecule has 0 spiro atoms. The third-order valence-electron chi connectivity index (χ3n) is 3.97. The van der Waals surface area contributed by atoms with Crippen LogP contribution in [0.25, 0.3) is 0 Å². The number of hydrogen-bond acceptors (Lipinski definition) is 3. The SMILES string of the molecule is CCN1CCN(C(=O)CCNC(=O)c2ccc(F)cc2F)CC1. The average molecular weight is 325 g/mol. The number of nitrogens with zero attached hydrogens (tertiary/aromatic N) is 2. The van der Waals surface area contributed by atoms with Crippen LogP contribution in [0.3, 0.4) is 0 Å². The van der Waals surface area contributed by atoms with Crippen LogP contribution < -0.4 is 5.32 Å². The molecule has 1 aliphatic rings. The molecule has 0 radical (unpaired) electrons. The van der Waals surface area contributed by atoms with Gasteiger partial charge in [0.25, 0.3) is 5.91 Å². The van der Waals surface area contributed by atoms with Gasteiger partial charge in [-0.25, -0.2) is 8.78 Å². The number of likely N-dealkylation sites (N-methyl/N-ethyl adjacent to an activating group) is 1. The second kappa shape index (κ2) is 8.01. The summed E-state index contributed by atoms with van der Waals surface area (Å²) in [6.45, 7) is 6.27. The number of rotatable bonds is 5. The smallest absolute Gasteiger partial charge is 0.254 e. The van der Waals surface area contributed by atoms with Crippen LogP contribution in [0.2, 0.25) is 0 Å². The van der Waals surface area contributed by atoms with Gasteiger partial charge in [-0.1, -0.05) is 6.92 Å². The number of halogens is 2. The van der Waals surface area contributed by atoms with Crippen LogP contribution in [-0.4, -0.2) is 60.9 Å². The molecule has 2 amide bonds. The number of carbonyl (C=O) groups excluding carboxylic acids is 2. The highest BCUT2D eigenvalue weighted by molar-refractivity contribution is 5.94. The van der Waals surface area contributed by atoms with Crippen LogP contribution in [0, 0.1) is 11.6 Å². The highest BCUT2D eigenvalue weighted by Crippen LogP contribution is 2.09. The molecule has 1 saturated heterocycles. The van der Waals surface area contributed by atoms with E-state index in [0.717, 1.165) is 31.8 Å². The van der Waals surface area contributed by atoms with Crippen molar-refractivity contribution in [3.8, 4) is 0 Å². The summed E-state index contributed by atoms with van der Waals surface area (Å²) >= 11 is 0. The number of nitrogens with one attached hydrogen (secondary N) is 1. The molecular formula is C16H21F2N3O2. The molecule has 7 heteroatoms. The Kier molecular flexibility index (Phi) is 6.04. The van der Waals surface area contributed by atoms with Gasteiger partial charge in [-0.2, -0.15) is 0 Å². The van der Waals surface area contributed by atoms with E-state index in [2.05, 4.69) is 17.1 Å². The van der Waals surface area contributed by atoms with Gasteiger partial charge >= 0.3 is 0 Å². The summed E-state index contributed by atoms with van der Waals surface area (Å²) in [7, 11) is 0. The van der Waals surface area contributed by atoms with E-state index in [-0.39, 0.29) is 24.4 Å². The molecule has 1 aromatic carbocycles. The van der Waals surface area contributed by atoms with Crippen LogP contribution in [0.4, 0.5) is 8.78 Å². The first-order valence-corrected chi connectivity index (χ1v) is 7.74. The first kappa shape index (κ1) is 17.3. The zero-order valence-corrected chi connectivity index (χ0v) is 13.1. The Labute approximate surface area is 134 Å². The van der Waals surface area contributed by atoms with E-state index < -0.39 is 17.5 Å². The normalized spacial score (nSPS) is 15.5. The molecule has 126 valence electrons. The van der Waals surface area contributed by atoms with E-state index in [1.165, 1.54) is 0 Å². The van der Waals surface area contributed by atoms with Gasteiger partial charge in [-0.3, -0.25) is 9.59 Å². The fourth-order valence-electron chi connectivity index (χ4n) is 2.52. The fraction of sp³-hybridized carbons (Fsp3) is 0.500. The molecule has 0 aromatic heterocycles. The zero-order valence-electron chi connectivity index (χ0n) is 13.1. The van der Waals surface area contributed by atoms with Crippen LogP contribution in [0.1, 0.15) is 23.7 Å². The van der Waals surface area contributed by atoms with Crippen molar-refractivity contribution in [1.82, 2.24) is 15.1 Å². The van der Waals surface area contributed by atoms with Crippen molar-refractivity contribution in [1.29, 1.82) is 0 Å². The molecule has 0 atom stereocenters. The monoisotopic (exact) mass is 325 g/mol. The number of benzene rings is 1. The maximum Gasteiger partial charge on any atom is 0.254 e. The van der Waals surface area contributed by atoms with Crippen LogP contribution in [0.5, 0.6) is 0 Å². The van der Waals surface area contributed by atoms with Crippen molar-refractivity contribution in [2.75, 3.05) is 39.3 Å². The standard InChI is InChI=1S/C16H21F2N3O2/c1-2-20-7-9-21(10-8-20)15(22)5-6-19-16(23)13-4-3-12(17)11-14(13)18/h3-4,11H,2,5-10H2,1H3,(H,19,23). The lowest BCUT2D eigenvalue weighted by molar-refractivity contribution is -0.132. The molecule has 1 aromatic rings. The van der Waals surface area contributed by atoms with Gasteiger partial charge in [-0.05, 0) is 18.7 Å². The summed E-state index contributed by atoms with van der Waals surface area (Å²) in [5.41, 5.74) is -0.226. The molecule has 0 aliphatic carbocycles. The topological polar surface area (TPSA) is 52.6 Å². The summed E-state index contributed by atoms with van der Waals surface area (Å²) in [4.78, 5) is 27.9. The Morgan fingerprint density at radius 1 is 1.17 bits per heavy atom.